The van der Waals surface area contributed by atoms with Gasteiger partial charge in [0.25, 0.3) is 0 Å². The topological polar surface area (TPSA) is 133 Å². The van der Waals surface area contributed by atoms with Crippen LogP contribution in [0.3, 0.4) is 0 Å². The van der Waals surface area contributed by atoms with E-state index in [-0.39, 0.29) is 73.3 Å². The predicted octanol–water partition coefficient (Wildman–Crippen LogP) is 7.31. The fourth-order valence-electron chi connectivity index (χ4n) is 6.59. The first-order chi connectivity index (χ1) is 23.1. The standard InChI is InChI=1S/C32H30F9N5O4/c1-2-29(42)22(13-18-12-19(30(33,34)35)3-4-24(18)46(29)28(49)50)26-43-15-25(45-7-5-17(6-8-45)27(47)48)23(44-26)11-16-9-20(31(36,37)38)14-21(10-16)32(39,40)41/h3-4,9-10,12,14-15,17,22H,2,5-8,11,13,42H2,1H3,(H,47,48)(H,49,50). The third kappa shape index (κ3) is 7.15. The molecule has 270 valence electrons. The van der Waals surface area contributed by atoms with Gasteiger partial charge in [-0.2, -0.15) is 39.5 Å². The quantitative estimate of drug-likeness (QED) is 0.226. The Bertz CT molecular complexity index is 1760. The second kappa shape index (κ2) is 12.9. The van der Waals surface area contributed by atoms with Gasteiger partial charge in [-0.3, -0.25) is 9.69 Å². The predicted molar refractivity (Wildman–Crippen MR) is 159 cm³/mol. The van der Waals surface area contributed by atoms with Crippen LogP contribution in [0.25, 0.3) is 0 Å². The van der Waals surface area contributed by atoms with Crippen LogP contribution in [0.1, 0.15) is 71.4 Å². The number of aliphatic carboxylic acids is 1. The Hall–Kier alpha value is -4.61. The zero-order valence-corrected chi connectivity index (χ0v) is 26.1. The van der Waals surface area contributed by atoms with Crippen LogP contribution in [0.5, 0.6) is 0 Å². The Balaban J connectivity index is 1.66. The molecule has 50 heavy (non-hydrogen) atoms. The highest BCUT2D eigenvalue weighted by molar-refractivity contribution is 5.90. The molecule has 4 N–H and O–H groups in total. The second-order valence-electron chi connectivity index (χ2n) is 12.3. The fraction of sp³-hybridized carbons (Fsp3) is 0.438. The van der Waals surface area contributed by atoms with Gasteiger partial charge in [-0.05, 0) is 73.2 Å². The maximum atomic E-state index is 13.7. The number of benzene rings is 2. The Kier molecular flexibility index (Phi) is 9.48. The van der Waals surface area contributed by atoms with E-state index in [1.807, 2.05) is 0 Å². The first-order valence-electron chi connectivity index (χ1n) is 15.3. The van der Waals surface area contributed by atoms with Gasteiger partial charge in [-0.25, -0.2) is 14.8 Å². The van der Waals surface area contributed by atoms with E-state index < -0.39 is 76.8 Å². The minimum absolute atomic E-state index is 0.0221. The number of rotatable bonds is 6. The molecule has 2 aliphatic rings. The summed E-state index contributed by atoms with van der Waals surface area (Å²) in [7, 11) is 0. The number of amides is 1. The average molecular weight is 720 g/mol. The molecular formula is C32H30F9N5O4. The number of halogens is 9. The highest BCUT2D eigenvalue weighted by Gasteiger charge is 2.50. The van der Waals surface area contributed by atoms with Crippen LogP contribution in [-0.4, -0.2) is 51.0 Å². The van der Waals surface area contributed by atoms with E-state index in [9.17, 15) is 59.3 Å². The molecule has 2 atom stereocenters. The van der Waals surface area contributed by atoms with Gasteiger partial charge in [-0.15, -0.1) is 0 Å². The van der Waals surface area contributed by atoms with E-state index in [0.717, 1.165) is 12.1 Å². The normalized spacial score (nSPS) is 20.5. The Morgan fingerprint density at radius 2 is 1.46 bits per heavy atom. The van der Waals surface area contributed by atoms with Crippen molar-refractivity contribution in [2.45, 2.75) is 69.1 Å². The zero-order chi connectivity index (χ0) is 37.0. The molecule has 1 aromatic heterocycles. The molecule has 18 heteroatoms. The van der Waals surface area contributed by atoms with Crippen molar-refractivity contribution < 1.29 is 59.3 Å². The average Bonchev–Trinajstić information content (AvgIpc) is 3.02. The molecule has 0 radical (unpaired) electrons. The zero-order valence-electron chi connectivity index (χ0n) is 26.1. The number of anilines is 2. The number of alkyl halides is 9. The number of aromatic nitrogens is 2. The van der Waals surface area contributed by atoms with Gasteiger partial charge in [0, 0.05) is 19.5 Å². The number of fused-ring (bicyclic) bond motifs is 1. The van der Waals surface area contributed by atoms with Crippen LogP contribution in [0.4, 0.5) is 55.7 Å². The molecule has 0 spiro atoms. The number of hydrogen-bond donors (Lipinski definition) is 3. The molecule has 1 saturated heterocycles. The lowest BCUT2D eigenvalue weighted by Crippen LogP contribution is -2.64. The molecule has 9 nitrogen and oxygen atoms in total. The summed E-state index contributed by atoms with van der Waals surface area (Å²) in [5, 5.41) is 19.6. The Morgan fingerprint density at radius 3 is 1.96 bits per heavy atom. The van der Waals surface area contributed by atoms with E-state index in [1.54, 1.807) is 4.90 Å². The molecule has 0 bridgehead atoms. The van der Waals surface area contributed by atoms with Gasteiger partial charge in [0.15, 0.2) is 0 Å². The van der Waals surface area contributed by atoms with Crippen molar-refractivity contribution in [3.05, 3.63) is 81.9 Å². The van der Waals surface area contributed by atoms with Crippen molar-refractivity contribution in [3.8, 4) is 0 Å². The number of hydrogen-bond acceptors (Lipinski definition) is 6. The van der Waals surface area contributed by atoms with Gasteiger partial charge in [0.1, 0.15) is 11.5 Å². The van der Waals surface area contributed by atoms with E-state index >= 15 is 0 Å². The highest BCUT2D eigenvalue weighted by atomic mass is 19.4. The van der Waals surface area contributed by atoms with Crippen LogP contribution < -0.4 is 15.5 Å². The van der Waals surface area contributed by atoms with Gasteiger partial charge in [0.05, 0.1) is 51.8 Å². The molecule has 1 fully saturated rings. The highest BCUT2D eigenvalue weighted by Crippen LogP contribution is 2.46. The maximum absolute atomic E-state index is 13.7. The smallest absolute Gasteiger partial charge is 0.416 e. The lowest BCUT2D eigenvalue weighted by Gasteiger charge is -2.48. The van der Waals surface area contributed by atoms with Gasteiger partial charge in [-0.1, -0.05) is 6.92 Å². The summed E-state index contributed by atoms with van der Waals surface area (Å²) in [6, 6.07) is 3.54. The summed E-state index contributed by atoms with van der Waals surface area (Å²) in [5.41, 5.74) is 0.183. The second-order valence-corrected chi connectivity index (χ2v) is 12.3. The molecule has 5 rings (SSSR count). The van der Waals surface area contributed by atoms with Crippen molar-refractivity contribution in [1.82, 2.24) is 9.97 Å². The maximum Gasteiger partial charge on any atom is 0.416 e. The molecule has 2 aliphatic heterocycles. The minimum Gasteiger partial charge on any atom is -0.481 e. The van der Waals surface area contributed by atoms with Crippen molar-refractivity contribution in [3.63, 3.8) is 0 Å². The largest absolute Gasteiger partial charge is 0.481 e. The number of carboxylic acid groups (broad SMARTS) is 2. The summed E-state index contributed by atoms with van der Waals surface area (Å²) in [6.07, 6.45) is -16.1. The van der Waals surface area contributed by atoms with E-state index in [1.165, 1.54) is 13.1 Å². The first-order valence-corrected chi connectivity index (χ1v) is 15.3. The van der Waals surface area contributed by atoms with Crippen molar-refractivity contribution >= 4 is 23.4 Å². The summed E-state index contributed by atoms with van der Waals surface area (Å²) in [6.45, 7) is 1.78. The molecule has 3 aromatic rings. The SMILES string of the molecule is CCC1(N)C(c2ncc(N3CCC(C(=O)O)CC3)c(Cc3cc(C(F)(F)F)cc(C(F)(F)F)c3)n2)Cc2cc(C(F)(F)F)ccc2N1C(=O)O. The number of nitrogens with zero attached hydrogens (tertiary/aromatic N) is 4. The van der Waals surface area contributed by atoms with Crippen molar-refractivity contribution in [1.29, 1.82) is 0 Å². The van der Waals surface area contributed by atoms with E-state index in [2.05, 4.69) is 9.97 Å². The van der Waals surface area contributed by atoms with Crippen LogP contribution in [0.2, 0.25) is 0 Å². The number of piperidine rings is 1. The van der Waals surface area contributed by atoms with E-state index in [4.69, 9.17) is 5.73 Å². The third-order valence-electron chi connectivity index (χ3n) is 9.23. The van der Waals surface area contributed by atoms with Crippen LogP contribution in [0.15, 0.2) is 42.6 Å². The van der Waals surface area contributed by atoms with Gasteiger partial charge >= 0.3 is 30.6 Å². The van der Waals surface area contributed by atoms with Crippen LogP contribution in [0, 0.1) is 5.92 Å². The van der Waals surface area contributed by atoms with Crippen molar-refractivity contribution in [2.24, 2.45) is 11.7 Å². The number of carboxylic acids is 1. The summed E-state index contributed by atoms with van der Waals surface area (Å²) >= 11 is 0. The fourth-order valence-corrected chi connectivity index (χ4v) is 6.59. The Labute approximate surface area is 278 Å². The molecule has 1 amide bonds. The minimum atomic E-state index is -5.14. The molecular weight excluding hydrogens is 689 g/mol. The van der Waals surface area contributed by atoms with Crippen LogP contribution in [-0.2, 0) is 36.2 Å². The molecule has 3 heterocycles. The van der Waals surface area contributed by atoms with Gasteiger partial charge in [0.2, 0.25) is 0 Å². The van der Waals surface area contributed by atoms with Crippen molar-refractivity contribution in [2.75, 3.05) is 22.9 Å². The summed E-state index contributed by atoms with van der Waals surface area (Å²) in [4.78, 5) is 35.4. The lowest BCUT2D eigenvalue weighted by atomic mass is 9.78. The molecule has 0 saturated carbocycles. The molecule has 2 aromatic carbocycles. The van der Waals surface area contributed by atoms with E-state index in [0.29, 0.717) is 23.1 Å². The number of nitrogens with two attached hydrogens (primary N) is 1. The third-order valence-corrected chi connectivity index (χ3v) is 9.23. The monoisotopic (exact) mass is 719 g/mol. The van der Waals surface area contributed by atoms with Crippen LogP contribution >= 0.6 is 0 Å². The number of carbonyl (C=O) groups is 2. The lowest BCUT2D eigenvalue weighted by molar-refractivity contribution is -0.144. The Morgan fingerprint density at radius 1 is 0.880 bits per heavy atom. The molecule has 2 unspecified atom stereocenters. The summed E-state index contributed by atoms with van der Waals surface area (Å²) in [5.74, 6) is -3.16. The first kappa shape index (κ1) is 36.7. The van der Waals surface area contributed by atoms with Gasteiger partial charge < -0.3 is 20.8 Å². The summed E-state index contributed by atoms with van der Waals surface area (Å²) < 4.78 is 123. The molecule has 0 aliphatic carbocycles.